The van der Waals surface area contributed by atoms with Crippen LogP contribution >= 0.6 is 0 Å². The molecule has 1 saturated heterocycles. The first-order chi connectivity index (χ1) is 10.9. The van der Waals surface area contributed by atoms with Crippen LogP contribution < -0.4 is 5.32 Å². The van der Waals surface area contributed by atoms with Crippen molar-refractivity contribution in [2.75, 3.05) is 13.1 Å². The number of nitrogens with one attached hydrogen (secondary N) is 1. The van der Waals surface area contributed by atoms with Gasteiger partial charge in [-0.1, -0.05) is 30.3 Å². The summed E-state index contributed by atoms with van der Waals surface area (Å²) in [5.41, 5.74) is 0.395. The van der Waals surface area contributed by atoms with Crippen LogP contribution in [0, 0.1) is 5.41 Å². The second kappa shape index (κ2) is 7.59. The van der Waals surface area contributed by atoms with E-state index in [1.165, 1.54) is 5.56 Å². The van der Waals surface area contributed by atoms with Gasteiger partial charge in [0.1, 0.15) is 0 Å². The molecule has 1 unspecified atom stereocenters. The maximum Gasteiger partial charge on any atom is 0.309 e. The standard InChI is InChI=1S/C18H26N2O3/c1-18(2,17(22)23)10-11-19-16(21)15-9-6-12-20(15)13-14-7-4-3-5-8-14/h3-5,7-8,15H,6,9-13H2,1-2H3,(H,19,21)(H,22,23). The minimum Gasteiger partial charge on any atom is -0.481 e. The molecule has 2 rings (SSSR count). The molecule has 0 spiro atoms. The van der Waals surface area contributed by atoms with Crippen LogP contribution in [0.3, 0.4) is 0 Å². The van der Waals surface area contributed by atoms with E-state index in [1.54, 1.807) is 13.8 Å². The Hall–Kier alpha value is -1.88. The molecule has 0 aromatic heterocycles. The maximum atomic E-state index is 12.4. The smallest absolute Gasteiger partial charge is 0.309 e. The molecule has 1 heterocycles. The number of carbonyl (C=O) groups excluding carboxylic acids is 1. The van der Waals surface area contributed by atoms with Crippen LogP contribution in [-0.4, -0.2) is 41.0 Å². The van der Waals surface area contributed by atoms with Gasteiger partial charge in [-0.25, -0.2) is 0 Å². The average Bonchev–Trinajstić information content (AvgIpc) is 2.96. The number of hydrogen-bond donors (Lipinski definition) is 2. The molecule has 0 aliphatic carbocycles. The molecule has 1 fully saturated rings. The Morgan fingerprint density at radius 3 is 2.65 bits per heavy atom. The molecular weight excluding hydrogens is 292 g/mol. The second-order valence-electron chi connectivity index (χ2n) is 6.84. The molecular formula is C18H26N2O3. The predicted molar refractivity (Wildman–Crippen MR) is 88.9 cm³/mol. The molecule has 5 nitrogen and oxygen atoms in total. The second-order valence-corrected chi connectivity index (χ2v) is 6.84. The summed E-state index contributed by atoms with van der Waals surface area (Å²) in [6, 6.07) is 10.0. The van der Waals surface area contributed by atoms with Crippen molar-refractivity contribution in [3.05, 3.63) is 35.9 Å². The third-order valence-corrected chi connectivity index (χ3v) is 4.52. The lowest BCUT2D eigenvalue weighted by molar-refractivity contribution is -0.147. The number of carboxylic acids is 1. The zero-order chi connectivity index (χ0) is 16.9. The van der Waals surface area contributed by atoms with Gasteiger partial charge in [0, 0.05) is 13.1 Å². The average molecular weight is 318 g/mol. The molecule has 1 aromatic rings. The summed E-state index contributed by atoms with van der Waals surface area (Å²) < 4.78 is 0. The summed E-state index contributed by atoms with van der Waals surface area (Å²) in [6.45, 7) is 5.46. The molecule has 0 bridgehead atoms. The maximum absolute atomic E-state index is 12.4. The van der Waals surface area contributed by atoms with Gasteiger partial charge in [-0.15, -0.1) is 0 Å². The molecule has 1 aliphatic heterocycles. The van der Waals surface area contributed by atoms with Crippen molar-refractivity contribution < 1.29 is 14.7 Å². The van der Waals surface area contributed by atoms with Crippen molar-refractivity contribution in [1.29, 1.82) is 0 Å². The predicted octanol–water partition coefficient (Wildman–Crippen LogP) is 2.27. The Balaban J connectivity index is 1.85. The van der Waals surface area contributed by atoms with Gasteiger partial charge in [0.05, 0.1) is 11.5 Å². The third-order valence-electron chi connectivity index (χ3n) is 4.52. The normalized spacial score (nSPS) is 18.8. The number of aliphatic carboxylic acids is 1. The fraction of sp³-hybridized carbons (Fsp3) is 0.556. The Morgan fingerprint density at radius 2 is 2.00 bits per heavy atom. The highest BCUT2D eigenvalue weighted by atomic mass is 16.4. The molecule has 1 aliphatic rings. The number of carbonyl (C=O) groups is 2. The minimum atomic E-state index is -0.835. The SMILES string of the molecule is CC(C)(CCNC(=O)C1CCCN1Cc1ccccc1)C(=O)O. The van der Waals surface area contributed by atoms with Crippen molar-refractivity contribution in [2.45, 2.75) is 45.7 Å². The number of likely N-dealkylation sites (tertiary alicyclic amines) is 1. The quantitative estimate of drug-likeness (QED) is 0.809. The lowest BCUT2D eigenvalue weighted by Crippen LogP contribution is -2.44. The minimum absolute atomic E-state index is 0.0135. The number of hydrogen-bond acceptors (Lipinski definition) is 3. The van der Waals surface area contributed by atoms with Crippen LogP contribution in [0.1, 0.15) is 38.7 Å². The van der Waals surface area contributed by atoms with Crippen LogP contribution in [0.4, 0.5) is 0 Å². The van der Waals surface area contributed by atoms with Gasteiger partial charge in [-0.3, -0.25) is 14.5 Å². The van der Waals surface area contributed by atoms with E-state index in [-0.39, 0.29) is 11.9 Å². The topological polar surface area (TPSA) is 69.6 Å². The highest BCUT2D eigenvalue weighted by Gasteiger charge is 2.31. The molecule has 0 radical (unpaired) electrons. The van der Waals surface area contributed by atoms with Crippen molar-refractivity contribution in [1.82, 2.24) is 10.2 Å². The molecule has 0 saturated carbocycles. The number of rotatable bonds is 7. The molecule has 23 heavy (non-hydrogen) atoms. The summed E-state index contributed by atoms with van der Waals surface area (Å²) in [6.07, 6.45) is 2.31. The lowest BCUT2D eigenvalue weighted by Gasteiger charge is -2.25. The third kappa shape index (κ3) is 4.79. The Bertz CT molecular complexity index is 542. The van der Waals surface area contributed by atoms with E-state index < -0.39 is 11.4 Å². The first-order valence-electron chi connectivity index (χ1n) is 8.19. The van der Waals surface area contributed by atoms with Crippen LogP contribution in [0.2, 0.25) is 0 Å². The van der Waals surface area contributed by atoms with Gasteiger partial charge in [0.25, 0.3) is 0 Å². The van der Waals surface area contributed by atoms with E-state index in [4.69, 9.17) is 5.11 Å². The molecule has 2 N–H and O–H groups in total. The number of carboxylic acid groups (broad SMARTS) is 1. The fourth-order valence-electron chi connectivity index (χ4n) is 2.85. The summed E-state index contributed by atoms with van der Waals surface area (Å²) in [7, 11) is 0. The molecule has 5 heteroatoms. The van der Waals surface area contributed by atoms with Gasteiger partial charge < -0.3 is 10.4 Å². The van der Waals surface area contributed by atoms with Crippen LogP contribution in [0.5, 0.6) is 0 Å². The van der Waals surface area contributed by atoms with Gasteiger partial charge in [-0.2, -0.15) is 0 Å². The highest BCUT2D eigenvalue weighted by Crippen LogP contribution is 2.21. The van der Waals surface area contributed by atoms with Gasteiger partial charge in [-0.05, 0) is 45.2 Å². The van der Waals surface area contributed by atoms with E-state index in [1.807, 2.05) is 18.2 Å². The van der Waals surface area contributed by atoms with E-state index in [0.29, 0.717) is 13.0 Å². The summed E-state index contributed by atoms with van der Waals surface area (Å²) in [5, 5.41) is 12.0. The lowest BCUT2D eigenvalue weighted by atomic mass is 9.89. The van der Waals surface area contributed by atoms with Gasteiger partial charge >= 0.3 is 5.97 Å². The summed E-state index contributed by atoms with van der Waals surface area (Å²) >= 11 is 0. The zero-order valence-corrected chi connectivity index (χ0v) is 13.9. The van der Waals surface area contributed by atoms with Crippen molar-refractivity contribution in [3.63, 3.8) is 0 Å². The molecule has 1 aromatic carbocycles. The largest absolute Gasteiger partial charge is 0.481 e. The first kappa shape index (κ1) is 17.5. The summed E-state index contributed by atoms with van der Waals surface area (Å²) in [4.78, 5) is 25.7. The molecule has 1 atom stereocenters. The van der Waals surface area contributed by atoms with Crippen LogP contribution in [0.15, 0.2) is 30.3 Å². The number of amides is 1. The van der Waals surface area contributed by atoms with E-state index in [0.717, 1.165) is 25.9 Å². The van der Waals surface area contributed by atoms with Gasteiger partial charge in [0.15, 0.2) is 0 Å². The molecule has 1 amide bonds. The Morgan fingerprint density at radius 1 is 1.30 bits per heavy atom. The van der Waals surface area contributed by atoms with Crippen LogP contribution in [-0.2, 0) is 16.1 Å². The van der Waals surface area contributed by atoms with E-state index in [2.05, 4.69) is 22.3 Å². The van der Waals surface area contributed by atoms with Crippen LogP contribution in [0.25, 0.3) is 0 Å². The summed E-state index contributed by atoms with van der Waals surface area (Å²) in [5.74, 6) is -0.821. The first-order valence-corrected chi connectivity index (χ1v) is 8.19. The van der Waals surface area contributed by atoms with E-state index >= 15 is 0 Å². The Labute approximate surface area is 137 Å². The number of benzene rings is 1. The fourth-order valence-corrected chi connectivity index (χ4v) is 2.85. The van der Waals surface area contributed by atoms with Crippen molar-refractivity contribution in [3.8, 4) is 0 Å². The monoisotopic (exact) mass is 318 g/mol. The van der Waals surface area contributed by atoms with Crippen molar-refractivity contribution in [2.24, 2.45) is 5.41 Å². The highest BCUT2D eigenvalue weighted by molar-refractivity contribution is 5.82. The molecule has 126 valence electrons. The Kier molecular flexibility index (Phi) is 5.77. The van der Waals surface area contributed by atoms with E-state index in [9.17, 15) is 9.59 Å². The zero-order valence-electron chi connectivity index (χ0n) is 13.9. The van der Waals surface area contributed by atoms with Crippen molar-refractivity contribution >= 4 is 11.9 Å². The number of nitrogens with zero attached hydrogens (tertiary/aromatic N) is 1. The van der Waals surface area contributed by atoms with Gasteiger partial charge in [0.2, 0.25) is 5.91 Å².